The number of fused-ring (bicyclic) bond motifs is 1. The van der Waals surface area contributed by atoms with E-state index < -0.39 is 0 Å². The highest BCUT2D eigenvalue weighted by molar-refractivity contribution is 5.93. The number of benzene rings is 1. The molecule has 3 rings (SSSR count). The van der Waals surface area contributed by atoms with E-state index in [1.165, 1.54) is 11.1 Å². The summed E-state index contributed by atoms with van der Waals surface area (Å²) in [7, 11) is 0. The van der Waals surface area contributed by atoms with Gasteiger partial charge in [0.25, 0.3) is 0 Å². The highest BCUT2D eigenvalue weighted by Gasteiger charge is 2.25. The molecule has 1 aromatic carbocycles. The minimum atomic E-state index is 0.0543. The van der Waals surface area contributed by atoms with E-state index in [0.717, 1.165) is 36.3 Å². The summed E-state index contributed by atoms with van der Waals surface area (Å²) in [6.07, 6.45) is 2.73. The number of nitrogens with one attached hydrogen (secondary N) is 2. The Bertz CT molecular complexity index is 625. The van der Waals surface area contributed by atoms with Crippen LogP contribution < -0.4 is 5.32 Å². The van der Waals surface area contributed by atoms with Crippen molar-refractivity contribution >= 4 is 11.6 Å². The molecule has 1 aromatic heterocycles. The van der Waals surface area contributed by atoms with E-state index in [0.29, 0.717) is 0 Å². The van der Waals surface area contributed by atoms with Crippen molar-refractivity contribution in [2.75, 3.05) is 5.32 Å². The van der Waals surface area contributed by atoms with E-state index in [9.17, 15) is 4.79 Å². The Morgan fingerprint density at radius 1 is 1.30 bits per heavy atom. The van der Waals surface area contributed by atoms with E-state index in [1.807, 2.05) is 19.9 Å². The van der Waals surface area contributed by atoms with Gasteiger partial charge in [0, 0.05) is 5.92 Å². The zero-order valence-electron chi connectivity index (χ0n) is 11.9. The first-order chi connectivity index (χ1) is 9.65. The smallest absolute Gasteiger partial charge is 0.227 e. The lowest BCUT2D eigenvalue weighted by Crippen LogP contribution is -2.28. The number of carbonyl (C=O) groups excluding carboxylic acids is 1. The van der Waals surface area contributed by atoms with Gasteiger partial charge in [-0.2, -0.15) is 5.10 Å². The maximum absolute atomic E-state index is 12.4. The van der Waals surface area contributed by atoms with Gasteiger partial charge in [0.05, 0.1) is 17.1 Å². The lowest BCUT2D eigenvalue weighted by Gasteiger charge is -2.23. The highest BCUT2D eigenvalue weighted by atomic mass is 16.1. The summed E-state index contributed by atoms with van der Waals surface area (Å²) in [5, 5.41) is 10.0. The van der Waals surface area contributed by atoms with Gasteiger partial charge in [-0.1, -0.05) is 24.3 Å². The number of aromatic amines is 1. The maximum Gasteiger partial charge on any atom is 0.227 e. The van der Waals surface area contributed by atoms with E-state index in [1.54, 1.807) is 0 Å². The van der Waals surface area contributed by atoms with Crippen LogP contribution in [0.2, 0.25) is 0 Å². The van der Waals surface area contributed by atoms with Crippen molar-refractivity contribution in [2.24, 2.45) is 5.92 Å². The SMILES string of the molecule is Cc1n[nH]c(C)c1NC(=O)C1CCc2ccccc2C1. The maximum atomic E-state index is 12.4. The van der Waals surface area contributed by atoms with Crippen molar-refractivity contribution in [2.45, 2.75) is 33.1 Å². The minimum absolute atomic E-state index is 0.0543. The molecule has 2 N–H and O–H groups in total. The fourth-order valence-electron chi connectivity index (χ4n) is 2.88. The molecule has 20 heavy (non-hydrogen) atoms. The van der Waals surface area contributed by atoms with Crippen LogP contribution in [0.4, 0.5) is 5.69 Å². The summed E-state index contributed by atoms with van der Waals surface area (Å²) in [5.74, 6) is 0.158. The van der Waals surface area contributed by atoms with Crippen molar-refractivity contribution in [3.63, 3.8) is 0 Å². The summed E-state index contributed by atoms with van der Waals surface area (Å²) in [6, 6.07) is 8.40. The van der Waals surface area contributed by atoms with Crippen molar-refractivity contribution in [1.29, 1.82) is 0 Å². The van der Waals surface area contributed by atoms with Crippen molar-refractivity contribution in [3.05, 3.63) is 46.8 Å². The van der Waals surface area contributed by atoms with Crippen LogP contribution in [0.1, 0.15) is 28.9 Å². The molecule has 0 bridgehead atoms. The van der Waals surface area contributed by atoms with Crippen LogP contribution in [-0.4, -0.2) is 16.1 Å². The van der Waals surface area contributed by atoms with Crippen LogP contribution in [0, 0.1) is 19.8 Å². The minimum Gasteiger partial charge on any atom is -0.323 e. The second-order valence-electron chi connectivity index (χ2n) is 5.51. The summed E-state index contributed by atoms with van der Waals surface area (Å²) in [5.41, 5.74) is 5.26. The quantitative estimate of drug-likeness (QED) is 0.880. The molecule has 1 aliphatic carbocycles. The first-order valence-corrected chi connectivity index (χ1v) is 7.04. The van der Waals surface area contributed by atoms with Crippen LogP contribution in [0.25, 0.3) is 0 Å². The monoisotopic (exact) mass is 269 g/mol. The van der Waals surface area contributed by atoms with E-state index in [-0.39, 0.29) is 11.8 Å². The van der Waals surface area contributed by atoms with E-state index >= 15 is 0 Å². The third-order valence-electron chi connectivity index (χ3n) is 4.09. The molecule has 0 aliphatic heterocycles. The number of amides is 1. The Hall–Kier alpha value is -2.10. The highest BCUT2D eigenvalue weighted by Crippen LogP contribution is 2.27. The predicted octanol–water partition coefficient (Wildman–Crippen LogP) is 2.77. The number of rotatable bonds is 2. The molecule has 0 saturated heterocycles. The Kier molecular flexibility index (Phi) is 3.30. The second-order valence-corrected chi connectivity index (χ2v) is 5.51. The fraction of sp³-hybridized carbons (Fsp3) is 0.375. The normalized spacial score (nSPS) is 17.6. The Labute approximate surface area is 118 Å². The van der Waals surface area contributed by atoms with Gasteiger partial charge in [-0.15, -0.1) is 0 Å². The average molecular weight is 269 g/mol. The summed E-state index contributed by atoms with van der Waals surface area (Å²) >= 11 is 0. The molecule has 1 aliphatic rings. The molecule has 2 aromatic rings. The number of anilines is 1. The third-order valence-corrected chi connectivity index (χ3v) is 4.09. The van der Waals surface area contributed by atoms with Crippen LogP contribution >= 0.6 is 0 Å². The Morgan fingerprint density at radius 2 is 2.05 bits per heavy atom. The Morgan fingerprint density at radius 3 is 2.75 bits per heavy atom. The van der Waals surface area contributed by atoms with Crippen LogP contribution in [-0.2, 0) is 17.6 Å². The van der Waals surface area contributed by atoms with Gasteiger partial charge in [-0.3, -0.25) is 9.89 Å². The first kappa shape index (κ1) is 12.9. The largest absolute Gasteiger partial charge is 0.323 e. The molecular formula is C16H19N3O. The molecule has 104 valence electrons. The zero-order chi connectivity index (χ0) is 14.1. The predicted molar refractivity (Wildman–Crippen MR) is 78.6 cm³/mol. The average Bonchev–Trinajstić information content (AvgIpc) is 2.78. The standard InChI is InChI=1S/C16H19N3O/c1-10-15(11(2)19-18-10)17-16(20)14-8-7-12-5-3-4-6-13(12)9-14/h3-6,14H,7-9H2,1-2H3,(H,17,20)(H,18,19). The number of H-pyrrole nitrogens is 1. The van der Waals surface area contributed by atoms with Crippen LogP contribution in [0.5, 0.6) is 0 Å². The van der Waals surface area contributed by atoms with Gasteiger partial charge in [0.1, 0.15) is 0 Å². The molecule has 4 heteroatoms. The van der Waals surface area contributed by atoms with Gasteiger partial charge in [0.15, 0.2) is 0 Å². The van der Waals surface area contributed by atoms with Crippen molar-refractivity contribution in [1.82, 2.24) is 10.2 Å². The molecule has 1 atom stereocenters. The number of nitrogens with zero attached hydrogens (tertiary/aromatic N) is 1. The first-order valence-electron chi connectivity index (χ1n) is 7.04. The molecule has 4 nitrogen and oxygen atoms in total. The number of aryl methyl sites for hydroxylation is 3. The van der Waals surface area contributed by atoms with Gasteiger partial charge >= 0.3 is 0 Å². The lowest BCUT2D eigenvalue weighted by molar-refractivity contribution is -0.120. The van der Waals surface area contributed by atoms with Gasteiger partial charge < -0.3 is 5.32 Å². The molecule has 1 heterocycles. The lowest BCUT2D eigenvalue weighted by atomic mass is 9.83. The van der Waals surface area contributed by atoms with Gasteiger partial charge in [-0.05, 0) is 44.2 Å². The molecule has 1 amide bonds. The summed E-state index contributed by atoms with van der Waals surface area (Å²) in [6.45, 7) is 3.82. The summed E-state index contributed by atoms with van der Waals surface area (Å²) < 4.78 is 0. The van der Waals surface area contributed by atoms with E-state index in [4.69, 9.17) is 0 Å². The third kappa shape index (κ3) is 2.33. The molecule has 1 unspecified atom stereocenters. The van der Waals surface area contributed by atoms with Crippen molar-refractivity contribution in [3.8, 4) is 0 Å². The second kappa shape index (κ2) is 5.12. The number of hydrogen-bond acceptors (Lipinski definition) is 2. The summed E-state index contributed by atoms with van der Waals surface area (Å²) in [4.78, 5) is 12.4. The van der Waals surface area contributed by atoms with Gasteiger partial charge in [-0.25, -0.2) is 0 Å². The van der Waals surface area contributed by atoms with Crippen molar-refractivity contribution < 1.29 is 4.79 Å². The van der Waals surface area contributed by atoms with E-state index in [2.05, 4.69) is 33.7 Å². The molecule has 0 radical (unpaired) electrons. The topological polar surface area (TPSA) is 57.8 Å². The molecular weight excluding hydrogens is 250 g/mol. The number of hydrogen-bond donors (Lipinski definition) is 2. The molecule has 0 saturated carbocycles. The Balaban J connectivity index is 1.74. The zero-order valence-corrected chi connectivity index (χ0v) is 11.9. The van der Waals surface area contributed by atoms with Gasteiger partial charge in [0.2, 0.25) is 5.91 Å². The molecule has 0 fully saturated rings. The van der Waals surface area contributed by atoms with Crippen LogP contribution in [0.3, 0.4) is 0 Å². The fourth-order valence-corrected chi connectivity index (χ4v) is 2.88. The molecule has 0 spiro atoms. The number of carbonyl (C=O) groups is 1. The van der Waals surface area contributed by atoms with Crippen LogP contribution in [0.15, 0.2) is 24.3 Å². The number of aromatic nitrogens is 2.